The van der Waals surface area contributed by atoms with E-state index in [9.17, 15) is 15.0 Å². The van der Waals surface area contributed by atoms with Crippen LogP contribution >= 0.6 is 12.4 Å². The van der Waals surface area contributed by atoms with Crippen molar-refractivity contribution in [3.05, 3.63) is 83.9 Å². The summed E-state index contributed by atoms with van der Waals surface area (Å²) in [6.45, 7) is 1.58. The van der Waals surface area contributed by atoms with Crippen molar-refractivity contribution < 1.29 is 19.7 Å². The Morgan fingerprint density at radius 1 is 0.944 bits per heavy atom. The topological polar surface area (TPSA) is 90.8 Å². The number of hydrogen-bond acceptors (Lipinski definition) is 5. The summed E-state index contributed by atoms with van der Waals surface area (Å²) in [5.41, 5.74) is 3.86. The van der Waals surface area contributed by atoms with Crippen LogP contribution in [0.5, 0.6) is 5.75 Å². The molecule has 4 rings (SSSR count). The van der Waals surface area contributed by atoms with E-state index in [0.29, 0.717) is 37.0 Å². The van der Waals surface area contributed by atoms with Crippen molar-refractivity contribution in [1.82, 2.24) is 5.32 Å². The van der Waals surface area contributed by atoms with Crippen molar-refractivity contribution in [2.75, 3.05) is 25.0 Å². The van der Waals surface area contributed by atoms with Gasteiger partial charge in [-0.15, -0.1) is 12.4 Å². The highest BCUT2D eigenvalue weighted by atomic mass is 35.5. The SMILES string of the molecule is Cl.O=C(O)c1ccc(-c2ccc(OCCNC[C@@H](O)c3ccccc3)cc2)cc1NC1CCCCC1. The van der Waals surface area contributed by atoms with Crippen LogP contribution in [0.1, 0.15) is 54.1 Å². The van der Waals surface area contributed by atoms with Crippen LogP contribution in [0.15, 0.2) is 72.8 Å². The van der Waals surface area contributed by atoms with Gasteiger partial charge in [0.15, 0.2) is 0 Å². The van der Waals surface area contributed by atoms with Crippen molar-refractivity contribution >= 4 is 24.1 Å². The normalized spacial score (nSPS) is 14.5. The molecule has 1 fully saturated rings. The van der Waals surface area contributed by atoms with Gasteiger partial charge < -0.3 is 25.6 Å². The third-order valence-electron chi connectivity index (χ3n) is 6.47. The van der Waals surface area contributed by atoms with Crippen molar-refractivity contribution in [3.8, 4) is 16.9 Å². The Morgan fingerprint density at radius 2 is 1.64 bits per heavy atom. The fourth-order valence-corrected chi connectivity index (χ4v) is 4.51. The molecule has 0 amide bonds. The molecule has 3 aromatic rings. The molecule has 0 heterocycles. The summed E-state index contributed by atoms with van der Waals surface area (Å²) in [4.78, 5) is 11.7. The zero-order valence-electron chi connectivity index (χ0n) is 20.4. The molecule has 36 heavy (non-hydrogen) atoms. The first-order chi connectivity index (χ1) is 17.1. The van der Waals surface area contributed by atoms with Crippen LogP contribution in [0.4, 0.5) is 5.69 Å². The predicted octanol–water partition coefficient (Wildman–Crippen LogP) is 5.92. The van der Waals surface area contributed by atoms with Crippen molar-refractivity contribution in [1.29, 1.82) is 0 Å². The maximum Gasteiger partial charge on any atom is 0.337 e. The minimum atomic E-state index is -0.913. The maximum absolute atomic E-state index is 11.7. The van der Waals surface area contributed by atoms with Gasteiger partial charge in [0.2, 0.25) is 0 Å². The lowest BCUT2D eigenvalue weighted by molar-refractivity contribution is 0.0698. The van der Waals surface area contributed by atoms with Gasteiger partial charge in [0.1, 0.15) is 12.4 Å². The fraction of sp³-hybridized carbons (Fsp3) is 0.345. The van der Waals surface area contributed by atoms with Crippen LogP contribution in [0.25, 0.3) is 11.1 Å². The number of aliphatic hydroxyl groups excluding tert-OH is 1. The molecule has 0 bridgehead atoms. The molecule has 0 spiro atoms. The number of aromatic carboxylic acids is 1. The zero-order valence-corrected chi connectivity index (χ0v) is 21.2. The lowest BCUT2D eigenvalue weighted by atomic mass is 9.94. The Kier molecular flexibility index (Phi) is 10.6. The molecule has 6 nitrogen and oxygen atoms in total. The van der Waals surface area contributed by atoms with Crippen molar-refractivity contribution in [3.63, 3.8) is 0 Å². The monoisotopic (exact) mass is 510 g/mol. The number of rotatable bonds is 11. The molecule has 3 aromatic carbocycles. The highest BCUT2D eigenvalue weighted by Gasteiger charge is 2.17. The van der Waals surface area contributed by atoms with Gasteiger partial charge in [-0.2, -0.15) is 0 Å². The molecule has 192 valence electrons. The number of carbonyl (C=O) groups is 1. The molecule has 0 aromatic heterocycles. The first kappa shape index (κ1) is 27.5. The van der Waals surface area contributed by atoms with E-state index in [2.05, 4.69) is 10.6 Å². The second kappa shape index (κ2) is 13.9. The highest BCUT2D eigenvalue weighted by molar-refractivity contribution is 5.95. The smallest absolute Gasteiger partial charge is 0.337 e. The van der Waals surface area contributed by atoms with Crippen LogP contribution in [0.3, 0.4) is 0 Å². The van der Waals surface area contributed by atoms with Crippen LogP contribution in [0, 0.1) is 0 Å². The van der Waals surface area contributed by atoms with E-state index in [1.165, 1.54) is 19.3 Å². The van der Waals surface area contributed by atoms with Crippen molar-refractivity contribution in [2.45, 2.75) is 44.2 Å². The van der Waals surface area contributed by atoms with E-state index in [-0.39, 0.29) is 12.4 Å². The molecule has 1 atom stereocenters. The van der Waals surface area contributed by atoms with Gasteiger partial charge in [-0.05, 0) is 53.8 Å². The Labute approximate surface area is 219 Å². The molecular formula is C29H35ClN2O4. The van der Waals surface area contributed by atoms with E-state index < -0.39 is 12.1 Å². The summed E-state index contributed by atoms with van der Waals surface area (Å²) in [6.07, 6.45) is 5.24. The lowest BCUT2D eigenvalue weighted by Crippen LogP contribution is -2.26. The van der Waals surface area contributed by atoms with Gasteiger partial charge >= 0.3 is 5.97 Å². The molecule has 0 radical (unpaired) electrons. The Bertz CT molecular complexity index is 1090. The largest absolute Gasteiger partial charge is 0.492 e. The number of halogens is 1. The first-order valence-corrected chi connectivity index (χ1v) is 12.4. The summed E-state index contributed by atoms with van der Waals surface area (Å²) in [7, 11) is 0. The van der Waals surface area contributed by atoms with Crippen LogP contribution in [-0.2, 0) is 0 Å². The molecule has 0 aliphatic heterocycles. The van der Waals surface area contributed by atoms with Crippen LogP contribution in [0.2, 0.25) is 0 Å². The van der Waals surface area contributed by atoms with Crippen LogP contribution < -0.4 is 15.4 Å². The zero-order chi connectivity index (χ0) is 24.5. The van der Waals surface area contributed by atoms with E-state index in [1.54, 1.807) is 6.07 Å². The minimum Gasteiger partial charge on any atom is -0.492 e. The second-order valence-corrected chi connectivity index (χ2v) is 9.05. The molecule has 0 unspecified atom stereocenters. The number of benzene rings is 3. The molecule has 0 saturated heterocycles. The number of nitrogens with one attached hydrogen (secondary N) is 2. The van der Waals surface area contributed by atoms with E-state index >= 15 is 0 Å². The summed E-state index contributed by atoms with van der Waals surface area (Å²) in [6, 6.07) is 23.2. The first-order valence-electron chi connectivity index (χ1n) is 12.4. The average Bonchev–Trinajstić information content (AvgIpc) is 2.89. The van der Waals surface area contributed by atoms with Gasteiger partial charge in [-0.3, -0.25) is 0 Å². The quantitative estimate of drug-likeness (QED) is 0.239. The fourth-order valence-electron chi connectivity index (χ4n) is 4.51. The predicted molar refractivity (Wildman–Crippen MR) is 146 cm³/mol. The number of aliphatic hydroxyl groups is 1. The minimum absolute atomic E-state index is 0. The van der Waals surface area contributed by atoms with Crippen LogP contribution in [-0.4, -0.2) is 41.9 Å². The second-order valence-electron chi connectivity index (χ2n) is 9.05. The number of anilines is 1. The summed E-state index contributed by atoms with van der Waals surface area (Å²) in [5.74, 6) is -0.148. The molecule has 7 heteroatoms. The third kappa shape index (κ3) is 7.72. The lowest BCUT2D eigenvalue weighted by Gasteiger charge is -2.25. The molecule has 1 aliphatic carbocycles. The molecule has 4 N–H and O–H groups in total. The van der Waals surface area contributed by atoms with Gasteiger partial charge in [0.05, 0.1) is 11.7 Å². The summed E-state index contributed by atoms with van der Waals surface area (Å²) < 4.78 is 5.83. The highest BCUT2D eigenvalue weighted by Crippen LogP contribution is 2.30. The Hall–Kier alpha value is -3.06. The molecule has 1 saturated carbocycles. The van der Waals surface area contributed by atoms with Gasteiger partial charge in [-0.1, -0.05) is 67.8 Å². The summed E-state index contributed by atoms with van der Waals surface area (Å²) >= 11 is 0. The number of carboxylic acid groups (broad SMARTS) is 1. The Morgan fingerprint density at radius 3 is 2.33 bits per heavy atom. The van der Waals surface area contributed by atoms with Gasteiger partial charge in [-0.25, -0.2) is 4.79 Å². The van der Waals surface area contributed by atoms with Crippen molar-refractivity contribution in [2.24, 2.45) is 0 Å². The number of carboxylic acids is 1. The summed E-state index contributed by atoms with van der Waals surface area (Å²) in [5, 5.41) is 26.5. The van der Waals surface area contributed by atoms with E-state index in [0.717, 1.165) is 35.3 Å². The average molecular weight is 511 g/mol. The maximum atomic E-state index is 11.7. The number of ether oxygens (including phenoxy) is 1. The van der Waals surface area contributed by atoms with Gasteiger partial charge in [0.25, 0.3) is 0 Å². The van der Waals surface area contributed by atoms with Gasteiger partial charge in [0, 0.05) is 24.8 Å². The Balaban J connectivity index is 0.00000361. The standard InChI is InChI=1S/C29H34N2O4.ClH/c32-28(22-7-3-1-4-8-22)20-30-17-18-35-25-14-11-21(12-15-25)23-13-16-26(29(33)34)27(19-23)31-24-9-5-2-6-10-24;/h1,3-4,7-8,11-16,19,24,28,30-32H,2,5-6,9-10,17-18,20H2,(H,33,34);1H/t28-;/m1./s1. The van der Waals surface area contributed by atoms with E-state index in [1.807, 2.05) is 66.7 Å². The molecular weight excluding hydrogens is 476 g/mol. The number of hydrogen-bond donors (Lipinski definition) is 4. The molecule has 1 aliphatic rings. The third-order valence-corrected chi connectivity index (χ3v) is 6.47. The van der Waals surface area contributed by atoms with E-state index in [4.69, 9.17) is 4.74 Å².